The molecule has 2 aromatic carbocycles. The second kappa shape index (κ2) is 9.85. The van der Waals surface area contributed by atoms with Crippen LogP contribution in [0, 0.1) is 0 Å². The third-order valence-corrected chi connectivity index (χ3v) is 5.84. The summed E-state index contributed by atoms with van der Waals surface area (Å²) in [7, 11) is 0. The molecule has 2 heterocycles. The molecular formula is C24H26N4O2S. The molecule has 0 bridgehead atoms. The van der Waals surface area contributed by atoms with Crippen molar-refractivity contribution in [3.05, 3.63) is 82.3 Å². The van der Waals surface area contributed by atoms with Crippen molar-refractivity contribution in [3.63, 3.8) is 0 Å². The summed E-state index contributed by atoms with van der Waals surface area (Å²) in [5, 5.41) is 5.26. The van der Waals surface area contributed by atoms with Gasteiger partial charge in [0.2, 0.25) is 4.96 Å². The van der Waals surface area contributed by atoms with Crippen LogP contribution >= 0.6 is 11.3 Å². The summed E-state index contributed by atoms with van der Waals surface area (Å²) in [4.78, 5) is 20.4. The van der Waals surface area contributed by atoms with E-state index < -0.39 is 0 Å². The Bertz CT molecular complexity index is 1190. The van der Waals surface area contributed by atoms with Gasteiger partial charge in [0.15, 0.2) is 0 Å². The average Bonchev–Trinajstić information content (AvgIpc) is 3.21. The van der Waals surface area contributed by atoms with E-state index in [0.717, 1.165) is 41.5 Å². The summed E-state index contributed by atoms with van der Waals surface area (Å²) in [6.07, 6.45) is 1.02. The van der Waals surface area contributed by atoms with Crippen LogP contribution in [0.25, 0.3) is 15.5 Å². The molecule has 0 amide bonds. The standard InChI is InChI=1S/C24H26N4O2S/c1-3-14-27(16-18-10-12-21(13-11-18)30-4-2)17-20-15-22(29)28-24(25-20)31-23(26-28)19-8-6-5-7-9-19/h5-13,15H,3-4,14,16-17H2,1-2H3. The number of rotatable bonds is 9. The summed E-state index contributed by atoms with van der Waals surface area (Å²) < 4.78 is 6.93. The maximum absolute atomic E-state index is 12.7. The first-order valence-corrected chi connectivity index (χ1v) is 11.4. The molecule has 0 spiro atoms. The molecule has 0 fully saturated rings. The molecule has 0 aliphatic heterocycles. The Labute approximate surface area is 185 Å². The highest BCUT2D eigenvalue weighted by molar-refractivity contribution is 7.19. The first-order chi connectivity index (χ1) is 15.2. The zero-order valence-corrected chi connectivity index (χ0v) is 18.6. The van der Waals surface area contributed by atoms with Gasteiger partial charge in [-0.25, -0.2) is 4.98 Å². The molecule has 0 aliphatic carbocycles. The fourth-order valence-corrected chi connectivity index (χ4v) is 4.44. The van der Waals surface area contributed by atoms with Gasteiger partial charge in [0.05, 0.1) is 12.3 Å². The minimum absolute atomic E-state index is 0.143. The van der Waals surface area contributed by atoms with Crippen LogP contribution in [0.5, 0.6) is 5.75 Å². The molecule has 2 aromatic heterocycles. The van der Waals surface area contributed by atoms with Gasteiger partial charge in [0.1, 0.15) is 10.8 Å². The molecule has 4 rings (SSSR count). The Morgan fingerprint density at radius 2 is 1.81 bits per heavy atom. The predicted molar refractivity (Wildman–Crippen MR) is 125 cm³/mol. The summed E-state index contributed by atoms with van der Waals surface area (Å²) in [5.74, 6) is 0.882. The van der Waals surface area contributed by atoms with Gasteiger partial charge in [-0.15, -0.1) is 0 Å². The zero-order valence-electron chi connectivity index (χ0n) is 17.8. The summed E-state index contributed by atoms with van der Waals surface area (Å²) >= 11 is 1.44. The van der Waals surface area contributed by atoms with E-state index in [1.165, 1.54) is 21.4 Å². The third-order valence-electron chi connectivity index (χ3n) is 4.88. The van der Waals surface area contributed by atoms with Crippen molar-refractivity contribution in [1.29, 1.82) is 0 Å². The Morgan fingerprint density at radius 3 is 2.52 bits per heavy atom. The highest BCUT2D eigenvalue weighted by Crippen LogP contribution is 2.24. The lowest BCUT2D eigenvalue weighted by molar-refractivity contribution is 0.254. The van der Waals surface area contributed by atoms with Crippen LogP contribution in [-0.2, 0) is 13.1 Å². The molecular weight excluding hydrogens is 408 g/mol. The van der Waals surface area contributed by atoms with Crippen molar-refractivity contribution < 1.29 is 4.74 Å². The first-order valence-electron chi connectivity index (χ1n) is 10.6. The molecule has 0 aliphatic rings. The smallest absolute Gasteiger partial charge is 0.275 e. The zero-order chi connectivity index (χ0) is 21.6. The Morgan fingerprint density at radius 1 is 1.03 bits per heavy atom. The molecule has 0 radical (unpaired) electrons. The SMILES string of the molecule is CCCN(Cc1ccc(OCC)cc1)Cc1cc(=O)n2nc(-c3ccccc3)sc2n1. The molecule has 4 aromatic rings. The van der Waals surface area contributed by atoms with Crippen molar-refractivity contribution in [1.82, 2.24) is 19.5 Å². The van der Waals surface area contributed by atoms with Crippen LogP contribution in [0.3, 0.4) is 0 Å². The molecule has 0 saturated heterocycles. The van der Waals surface area contributed by atoms with Gasteiger partial charge >= 0.3 is 0 Å². The molecule has 0 N–H and O–H groups in total. The number of benzene rings is 2. The van der Waals surface area contributed by atoms with Crippen LogP contribution in [0.15, 0.2) is 65.5 Å². The number of hydrogen-bond acceptors (Lipinski definition) is 6. The van der Waals surface area contributed by atoms with Crippen LogP contribution < -0.4 is 10.3 Å². The average molecular weight is 435 g/mol. The van der Waals surface area contributed by atoms with Crippen molar-refractivity contribution in [2.24, 2.45) is 0 Å². The van der Waals surface area contributed by atoms with E-state index >= 15 is 0 Å². The molecule has 7 heteroatoms. The van der Waals surface area contributed by atoms with E-state index in [2.05, 4.69) is 29.1 Å². The summed E-state index contributed by atoms with van der Waals surface area (Å²) in [6, 6.07) is 19.7. The monoisotopic (exact) mass is 434 g/mol. The lowest BCUT2D eigenvalue weighted by atomic mass is 10.2. The summed E-state index contributed by atoms with van der Waals surface area (Å²) in [6.45, 7) is 7.13. The molecule has 31 heavy (non-hydrogen) atoms. The quantitative estimate of drug-likeness (QED) is 0.384. The molecule has 6 nitrogen and oxygen atoms in total. The van der Waals surface area contributed by atoms with Gasteiger partial charge in [-0.1, -0.05) is 60.7 Å². The number of nitrogens with zero attached hydrogens (tertiary/aromatic N) is 4. The Kier molecular flexibility index (Phi) is 6.74. The Balaban J connectivity index is 1.55. The minimum atomic E-state index is -0.143. The van der Waals surface area contributed by atoms with Crippen molar-refractivity contribution in [2.45, 2.75) is 33.4 Å². The molecule has 0 atom stereocenters. The fraction of sp³-hybridized carbons (Fsp3) is 0.292. The van der Waals surface area contributed by atoms with Gasteiger partial charge in [-0.3, -0.25) is 9.69 Å². The fourth-order valence-electron chi connectivity index (χ4n) is 3.51. The van der Waals surface area contributed by atoms with E-state index in [0.29, 0.717) is 18.1 Å². The van der Waals surface area contributed by atoms with Crippen molar-refractivity contribution in [2.75, 3.05) is 13.2 Å². The third kappa shape index (κ3) is 5.18. The van der Waals surface area contributed by atoms with E-state index in [1.807, 2.05) is 49.4 Å². The topological polar surface area (TPSA) is 59.7 Å². The highest BCUT2D eigenvalue weighted by Gasteiger charge is 2.13. The van der Waals surface area contributed by atoms with Crippen LogP contribution in [0.2, 0.25) is 0 Å². The van der Waals surface area contributed by atoms with Crippen molar-refractivity contribution >= 4 is 16.3 Å². The largest absolute Gasteiger partial charge is 0.494 e. The van der Waals surface area contributed by atoms with E-state index in [1.54, 1.807) is 6.07 Å². The maximum atomic E-state index is 12.7. The van der Waals surface area contributed by atoms with E-state index in [4.69, 9.17) is 9.72 Å². The number of fused-ring (bicyclic) bond motifs is 1. The van der Waals surface area contributed by atoms with Gasteiger partial charge in [0.25, 0.3) is 5.56 Å². The van der Waals surface area contributed by atoms with Gasteiger partial charge in [-0.05, 0) is 37.6 Å². The van der Waals surface area contributed by atoms with Crippen LogP contribution in [-0.4, -0.2) is 32.6 Å². The number of aromatic nitrogens is 3. The highest BCUT2D eigenvalue weighted by atomic mass is 32.1. The molecule has 0 saturated carbocycles. The molecule has 0 unspecified atom stereocenters. The van der Waals surface area contributed by atoms with Crippen molar-refractivity contribution in [3.8, 4) is 16.3 Å². The maximum Gasteiger partial charge on any atom is 0.275 e. The normalized spacial score (nSPS) is 11.3. The molecule has 160 valence electrons. The van der Waals surface area contributed by atoms with Crippen LogP contribution in [0.1, 0.15) is 31.5 Å². The number of hydrogen-bond donors (Lipinski definition) is 0. The summed E-state index contributed by atoms with van der Waals surface area (Å²) in [5.41, 5.74) is 2.82. The Hall–Kier alpha value is -3.03. The minimum Gasteiger partial charge on any atom is -0.494 e. The van der Waals surface area contributed by atoms with Gasteiger partial charge in [0, 0.05) is 24.7 Å². The first kappa shape index (κ1) is 21.2. The second-order valence-corrected chi connectivity index (χ2v) is 8.30. The number of ether oxygens (including phenoxy) is 1. The lowest BCUT2D eigenvalue weighted by Gasteiger charge is -2.21. The second-order valence-electron chi connectivity index (χ2n) is 7.34. The van der Waals surface area contributed by atoms with Gasteiger partial charge in [-0.2, -0.15) is 9.61 Å². The predicted octanol–water partition coefficient (Wildman–Crippen LogP) is 4.63. The van der Waals surface area contributed by atoms with E-state index in [-0.39, 0.29) is 5.56 Å². The lowest BCUT2D eigenvalue weighted by Crippen LogP contribution is -2.26. The van der Waals surface area contributed by atoms with Crippen LogP contribution in [0.4, 0.5) is 0 Å². The van der Waals surface area contributed by atoms with E-state index in [9.17, 15) is 4.79 Å². The van der Waals surface area contributed by atoms with Gasteiger partial charge < -0.3 is 4.74 Å².